The van der Waals surface area contributed by atoms with Crippen molar-refractivity contribution in [2.24, 2.45) is 0 Å². The number of alkyl halides is 3. The molecule has 3 aromatic heterocycles. The van der Waals surface area contributed by atoms with Crippen LogP contribution < -0.4 is 0 Å². The number of aromatic nitrogens is 3. The van der Waals surface area contributed by atoms with Gasteiger partial charge in [-0.1, -0.05) is 24.3 Å². The number of nitrogens with zero attached hydrogens (tertiary/aromatic N) is 2. The fourth-order valence-corrected chi connectivity index (χ4v) is 3.90. The molecule has 1 aromatic carbocycles. The Balaban J connectivity index is 1.81. The van der Waals surface area contributed by atoms with Crippen molar-refractivity contribution in [2.45, 2.75) is 13.1 Å². The SMILES string of the molecule is Cc1sc(-c2ccnc(-c3cc(C(F)(F)F)[nH]n3)c2)c2ccccc12. The number of hydrogen-bond acceptors (Lipinski definition) is 3. The summed E-state index contributed by atoms with van der Waals surface area (Å²) in [5.74, 6) is 0. The standard InChI is InChI=1S/C18H12F3N3S/c1-10-12-4-2-3-5-13(12)17(25-10)11-6-7-22-14(8-11)15-9-16(24-23-15)18(19,20)21/h2-9H,1H3,(H,23,24). The summed E-state index contributed by atoms with van der Waals surface area (Å²) < 4.78 is 38.2. The van der Waals surface area contributed by atoms with Gasteiger partial charge in [-0.25, -0.2) is 0 Å². The smallest absolute Gasteiger partial charge is 0.273 e. The Morgan fingerprint density at radius 2 is 1.76 bits per heavy atom. The summed E-state index contributed by atoms with van der Waals surface area (Å²) in [5, 5.41) is 8.08. The van der Waals surface area contributed by atoms with E-state index in [0.717, 1.165) is 21.9 Å². The van der Waals surface area contributed by atoms with Crippen LogP contribution in [0.3, 0.4) is 0 Å². The van der Waals surface area contributed by atoms with Gasteiger partial charge in [-0.05, 0) is 36.1 Å². The Labute approximate surface area is 145 Å². The lowest BCUT2D eigenvalue weighted by molar-refractivity contribution is -0.141. The maximum atomic E-state index is 12.7. The van der Waals surface area contributed by atoms with E-state index in [-0.39, 0.29) is 5.69 Å². The third kappa shape index (κ3) is 2.80. The number of pyridine rings is 1. The Kier molecular flexibility index (Phi) is 3.61. The molecule has 0 aliphatic rings. The Hall–Kier alpha value is -2.67. The van der Waals surface area contributed by atoms with Crippen LogP contribution in [-0.2, 0) is 6.18 Å². The lowest BCUT2D eigenvalue weighted by atomic mass is 10.1. The van der Waals surface area contributed by atoms with Crippen molar-refractivity contribution in [2.75, 3.05) is 0 Å². The second kappa shape index (κ2) is 5.70. The highest BCUT2D eigenvalue weighted by Gasteiger charge is 2.33. The predicted octanol–water partition coefficient (Wildman–Crippen LogP) is 5.68. The summed E-state index contributed by atoms with van der Waals surface area (Å²) in [7, 11) is 0. The zero-order valence-electron chi connectivity index (χ0n) is 13.1. The maximum absolute atomic E-state index is 12.7. The minimum Gasteiger partial charge on any atom is -0.273 e. The predicted molar refractivity (Wildman–Crippen MR) is 92.4 cm³/mol. The minimum atomic E-state index is -4.45. The van der Waals surface area contributed by atoms with Gasteiger partial charge in [-0.2, -0.15) is 18.3 Å². The normalized spacial score (nSPS) is 12.0. The summed E-state index contributed by atoms with van der Waals surface area (Å²) in [6.07, 6.45) is -2.86. The monoisotopic (exact) mass is 359 g/mol. The van der Waals surface area contributed by atoms with E-state index in [1.54, 1.807) is 23.6 Å². The van der Waals surface area contributed by atoms with E-state index in [2.05, 4.69) is 23.1 Å². The Morgan fingerprint density at radius 3 is 2.48 bits per heavy atom. The number of fused-ring (bicyclic) bond motifs is 1. The van der Waals surface area contributed by atoms with Gasteiger partial charge < -0.3 is 0 Å². The van der Waals surface area contributed by atoms with Gasteiger partial charge in [0, 0.05) is 21.3 Å². The first kappa shape index (κ1) is 15.8. The summed E-state index contributed by atoms with van der Waals surface area (Å²) in [6, 6.07) is 12.7. The maximum Gasteiger partial charge on any atom is 0.432 e. The molecule has 4 rings (SSSR count). The van der Waals surface area contributed by atoms with Crippen molar-refractivity contribution in [3.63, 3.8) is 0 Å². The van der Waals surface area contributed by atoms with Crippen LogP contribution in [0.25, 0.3) is 32.6 Å². The van der Waals surface area contributed by atoms with Crippen LogP contribution in [0.1, 0.15) is 10.6 Å². The Bertz CT molecular complexity index is 1060. The van der Waals surface area contributed by atoms with Gasteiger partial charge in [0.05, 0.1) is 5.69 Å². The van der Waals surface area contributed by atoms with Crippen LogP contribution in [0.2, 0.25) is 0 Å². The number of nitrogens with one attached hydrogen (secondary N) is 1. The van der Waals surface area contributed by atoms with Crippen LogP contribution in [0.5, 0.6) is 0 Å². The van der Waals surface area contributed by atoms with Crippen molar-refractivity contribution in [3.05, 3.63) is 59.2 Å². The van der Waals surface area contributed by atoms with E-state index in [1.165, 1.54) is 10.3 Å². The van der Waals surface area contributed by atoms with Crippen molar-refractivity contribution in [3.8, 4) is 21.8 Å². The van der Waals surface area contributed by atoms with Crippen molar-refractivity contribution < 1.29 is 13.2 Å². The number of benzene rings is 1. The van der Waals surface area contributed by atoms with Gasteiger partial charge in [-0.15, -0.1) is 11.3 Å². The van der Waals surface area contributed by atoms with Crippen LogP contribution in [-0.4, -0.2) is 15.2 Å². The first-order valence-electron chi connectivity index (χ1n) is 7.51. The van der Waals surface area contributed by atoms with E-state index in [9.17, 15) is 13.2 Å². The van der Waals surface area contributed by atoms with Gasteiger partial charge in [0.15, 0.2) is 0 Å². The summed E-state index contributed by atoms with van der Waals surface area (Å²) in [4.78, 5) is 6.44. The average molecular weight is 359 g/mol. The second-order valence-electron chi connectivity index (χ2n) is 5.63. The molecule has 126 valence electrons. The largest absolute Gasteiger partial charge is 0.432 e. The molecule has 0 atom stereocenters. The van der Waals surface area contributed by atoms with Crippen molar-refractivity contribution >= 4 is 22.1 Å². The van der Waals surface area contributed by atoms with Gasteiger partial charge in [0.2, 0.25) is 0 Å². The molecule has 0 bridgehead atoms. The molecule has 0 aliphatic heterocycles. The fraction of sp³-hybridized carbons (Fsp3) is 0.111. The highest BCUT2D eigenvalue weighted by Crippen LogP contribution is 2.39. The first-order valence-corrected chi connectivity index (χ1v) is 8.32. The number of hydrogen-bond donors (Lipinski definition) is 1. The summed E-state index contributed by atoms with van der Waals surface area (Å²) in [6.45, 7) is 2.06. The van der Waals surface area contributed by atoms with Gasteiger partial charge in [0.25, 0.3) is 0 Å². The molecule has 3 nitrogen and oxygen atoms in total. The van der Waals surface area contributed by atoms with E-state index in [0.29, 0.717) is 5.69 Å². The van der Waals surface area contributed by atoms with Crippen molar-refractivity contribution in [1.29, 1.82) is 0 Å². The summed E-state index contributed by atoms with van der Waals surface area (Å²) >= 11 is 1.66. The van der Waals surface area contributed by atoms with E-state index < -0.39 is 11.9 Å². The number of halogens is 3. The molecule has 7 heteroatoms. The molecule has 25 heavy (non-hydrogen) atoms. The molecule has 1 N–H and O–H groups in total. The zero-order chi connectivity index (χ0) is 17.6. The third-order valence-electron chi connectivity index (χ3n) is 3.97. The van der Waals surface area contributed by atoms with Crippen LogP contribution in [0.4, 0.5) is 13.2 Å². The first-order chi connectivity index (χ1) is 11.9. The molecule has 0 spiro atoms. The highest BCUT2D eigenvalue weighted by atomic mass is 32.1. The number of thiophene rings is 1. The molecule has 0 unspecified atom stereocenters. The zero-order valence-corrected chi connectivity index (χ0v) is 13.9. The lowest BCUT2D eigenvalue weighted by Crippen LogP contribution is -2.04. The number of H-pyrrole nitrogens is 1. The molecule has 3 heterocycles. The number of rotatable bonds is 2. The van der Waals surface area contributed by atoms with E-state index >= 15 is 0 Å². The van der Waals surface area contributed by atoms with Crippen molar-refractivity contribution in [1.82, 2.24) is 15.2 Å². The topological polar surface area (TPSA) is 41.6 Å². The molecule has 0 amide bonds. The van der Waals surface area contributed by atoms with E-state index in [4.69, 9.17) is 0 Å². The quantitative estimate of drug-likeness (QED) is 0.500. The van der Waals surface area contributed by atoms with Crippen LogP contribution >= 0.6 is 11.3 Å². The van der Waals surface area contributed by atoms with Gasteiger partial charge >= 0.3 is 6.18 Å². The van der Waals surface area contributed by atoms with Crippen LogP contribution in [0.15, 0.2) is 48.7 Å². The third-order valence-corrected chi connectivity index (χ3v) is 5.16. The molecular formula is C18H12F3N3S. The molecular weight excluding hydrogens is 347 g/mol. The molecule has 0 fully saturated rings. The average Bonchev–Trinajstić information content (AvgIpc) is 3.21. The second-order valence-corrected chi connectivity index (χ2v) is 6.85. The lowest BCUT2D eigenvalue weighted by Gasteiger charge is -2.02. The number of aromatic amines is 1. The highest BCUT2D eigenvalue weighted by molar-refractivity contribution is 7.17. The number of aryl methyl sites for hydroxylation is 1. The minimum absolute atomic E-state index is 0.173. The van der Waals surface area contributed by atoms with E-state index in [1.807, 2.05) is 29.4 Å². The Morgan fingerprint density at radius 1 is 1.00 bits per heavy atom. The molecule has 0 aliphatic carbocycles. The molecule has 0 saturated carbocycles. The molecule has 0 saturated heterocycles. The fourth-order valence-electron chi connectivity index (χ4n) is 2.78. The summed E-state index contributed by atoms with van der Waals surface area (Å²) in [5.41, 5.74) is 0.606. The van der Waals surface area contributed by atoms with Crippen LogP contribution in [0, 0.1) is 6.92 Å². The van der Waals surface area contributed by atoms with Gasteiger partial charge in [0.1, 0.15) is 11.4 Å². The molecule has 4 aromatic rings. The van der Waals surface area contributed by atoms with Gasteiger partial charge in [-0.3, -0.25) is 10.1 Å². The molecule has 0 radical (unpaired) electrons.